The summed E-state index contributed by atoms with van der Waals surface area (Å²) in [5.74, 6) is 0.935. The van der Waals surface area contributed by atoms with Crippen molar-refractivity contribution in [2.45, 2.75) is 51.1 Å². The van der Waals surface area contributed by atoms with Crippen molar-refractivity contribution < 1.29 is 9.32 Å². The molecule has 1 aromatic carbocycles. The molecule has 122 valence electrons. The first-order chi connectivity index (χ1) is 11.2. The first-order valence-electron chi connectivity index (χ1n) is 8.18. The second-order valence-corrected chi connectivity index (χ2v) is 6.00. The number of nitrogens with one attached hydrogen (secondary N) is 2. The van der Waals surface area contributed by atoms with Crippen LogP contribution in [0.25, 0.3) is 11.4 Å². The minimum atomic E-state index is -0.330. The molecule has 2 aromatic rings. The van der Waals surface area contributed by atoms with Crippen LogP contribution in [0.3, 0.4) is 0 Å². The highest BCUT2D eigenvalue weighted by Gasteiger charge is 2.20. The molecule has 23 heavy (non-hydrogen) atoms. The minimum absolute atomic E-state index is 0.177. The van der Waals surface area contributed by atoms with E-state index >= 15 is 0 Å². The van der Waals surface area contributed by atoms with Gasteiger partial charge < -0.3 is 15.2 Å². The van der Waals surface area contributed by atoms with Crippen LogP contribution in [0.2, 0.25) is 0 Å². The maximum absolute atomic E-state index is 12.1. The Morgan fingerprint density at radius 1 is 1.22 bits per heavy atom. The Kier molecular flexibility index (Phi) is 4.90. The fourth-order valence-electron chi connectivity index (χ4n) is 2.85. The maximum Gasteiger partial charge on any atom is 0.315 e. The monoisotopic (exact) mass is 314 g/mol. The summed E-state index contributed by atoms with van der Waals surface area (Å²) in [5, 5.41) is 9.85. The Morgan fingerprint density at radius 3 is 2.70 bits per heavy atom. The van der Waals surface area contributed by atoms with Crippen molar-refractivity contribution in [1.29, 1.82) is 0 Å². The van der Waals surface area contributed by atoms with E-state index in [9.17, 15) is 4.79 Å². The van der Waals surface area contributed by atoms with E-state index in [4.69, 9.17) is 4.52 Å². The molecule has 1 aliphatic carbocycles. The van der Waals surface area contributed by atoms with Gasteiger partial charge in [0.25, 0.3) is 0 Å². The first-order valence-corrected chi connectivity index (χ1v) is 8.18. The largest absolute Gasteiger partial charge is 0.337 e. The molecule has 0 saturated heterocycles. The summed E-state index contributed by atoms with van der Waals surface area (Å²) in [6.07, 6.45) is 5.75. The Hall–Kier alpha value is -2.37. The number of aromatic nitrogens is 2. The van der Waals surface area contributed by atoms with Gasteiger partial charge in [0.2, 0.25) is 11.7 Å². The van der Waals surface area contributed by atoms with Gasteiger partial charge in [-0.25, -0.2) is 4.79 Å². The van der Waals surface area contributed by atoms with Gasteiger partial charge in [-0.05, 0) is 19.8 Å². The van der Waals surface area contributed by atoms with Crippen LogP contribution in [-0.4, -0.2) is 22.2 Å². The molecule has 1 saturated carbocycles. The average Bonchev–Trinajstić information content (AvgIpc) is 3.06. The van der Waals surface area contributed by atoms with Crippen molar-refractivity contribution >= 4 is 6.03 Å². The van der Waals surface area contributed by atoms with Crippen LogP contribution in [0.15, 0.2) is 34.9 Å². The van der Waals surface area contributed by atoms with Crippen LogP contribution >= 0.6 is 0 Å². The molecule has 0 unspecified atom stereocenters. The molecule has 0 spiro atoms. The third-order valence-electron chi connectivity index (χ3n) is 4.13. The summed E-state index contributed by atoms with van der Waals surface area (Å²) in [4.78, 5) is 16.4. The number of carbonyl (C=O) groups is 1. The Balaban J connectivity index is 1.56. The van der Waals surface area contributed by atoms with Crippen molar-refractivity contribution in [2.75, 3.05) is 0 Å². The average molecular weight is 314 g/mol. The molecule has 6 nitrogen and oxygen atoms in total. The third-order valence-corrected chi connectivity index (χ3v) is 4.13. The van der Waals surface area contributed by atoms with Gasteiger partial charge in [-0.3, -0.25) is 0 Å². The highest BCUT2D eigenvalue weighted by atomic mass is 16.5. The SMILES string of the molecule is C[C@H](NC(=O)NC1CCCCC1)c1nc(-c2ccccc2)no1. The molecule has 3 rings (SSSR count). The van der Waals surface area contributed by atoms with E-state index in [1.807, 2.05) is 37.3 Å². The van der Waals surface area contributed by atoms with Crippen LogP contribution in [0, 0.1) is 0 Å². The van der Waals surface area contributed by atoms with Gasteiger partial charge in [0.15, 0.2) is 0 Å². The lowest BCUT2D eigenvalue weighted by atomic mass is 9.96. The van der Waals surface area contributed by atoms with Crippen LogP contribution in [0.1, 0.15) is 51.0 Å². The van der Waals surface area contributed by atoms with Gasteiger partial charge in [0.1, 0.15) is 6.04 Å². The normalized spacial score (nSPS) is 16.7. The molecular weight excluding hydrogens is 292 g/mol. The summed E-state index contributed by atoms with van der Waals surface area (Å²) in [7, 11) is 0. The van der Waals surface area contributed by atoms with Crippen molar-refractivity contribution in [1.82, 2.24) is 20.8 Å². The second-order valence-electron chi connectivity index (χ2n) is 6.00. The standard InChI is InChI=1S/C17H22N4O2/c1-12(18-17(22)19-14-10-6-3-7-11-14)16-20-15(21-23-16)13-8-4-2-5-9-13/h2,4-5,8-9,12,14H,3,6-7,10-11H2,1H3,(H2,18,19,22)/t12-/m0/s1. The first kappa shape index (κ1) is 15.5. The number of carbonyl (C=O) groups excluding carboxylic acids is 1. The number of benzene rings is 1. The predicted octanol–water partition coefficient (Wildman–Crippen LogP) is 3.43. The molecule has 1 aromatic heterocycles. The zero-order valence-electron chi connectivity index (χ0n) is 13.3. The Bertz CT molecular complexity index is 635. The van der Waals surface area contributed by atoms with Gasteiger partial charge in [-0.1, -0.05) is 54.8 Å². The summed E-state index contributed by atoms with van der Waals surface area (Å²) < 4.78 is 5.27. The number of hydrogen-bond donors (Lipinski definition) is 2. The molecule has 1 heterocycles. The van der Waals surface area contributed by atoms with Crippen molar-refractivity contribution in [3.8, 4) is 11.4 Å². The van der Waals surface area contributed by atoms with Gasteiger partial charge >= 0.3 is 6.03 Å². The van der Waals surface area contributed by atoms with Crippen LogP contribution < -0.4 is 10.6 Å². The van der Waals surface area contributed by atoms with E-state index in [0.717, 1.165) is 18.4 Å². The fraction of sp³-hybridized carbons (Fsp3) is 0.471. The molecule has 2 N–H and O–H groups in total. The molecule has 1 fully saturated rings. The summed E-state index contributed by atoms with van der Waals surface area (Å²) in [5.41, 5.74) is 0.890. The Morgan fingerprint density at radius 2 is 1.96 bits per heavy atom. The molecule has 1 aliphatic rings. The number of nitrogens with zero attached hydrogens (tertiary/aromatic N) is 2. The zero-order valence-corrected chi connectivity index (χ0v) is 13.3. The van der Waals surface area contributed by atoms with E-state index in [0.29, 0.717) is 11.7 Å². The molecule has 2 amide bonds. The highest BCUT2D eigenvalue weighted by Crippen LogP contribution is 2.19. The number of urea groups is 1. The number of rotatable bonds is 4. The molecule has 1 atom stereocenters. The molecule has 0 radical (unpaired) electrons. The maximum atomic E-state index is 12.1. The summed E-state index contributed by atoms with van der Waals surface area (Å²) >= 11 is 0. The van der Waals surface area contributed by atoms with E-state index in [2.05, 4.69) is 20.8 Å². The van der Waals surface area contributed by atoms with E-state index in [1.165, 1.54) is 19.3 Å². The van der Waals surface area contributed by atoms with Gasteiger partial charge in [0.05, 0.1) is 0 Å². The fourth-order valence-corrected chi connectivity index (χ4v) is 2.85. The topological polar surface area (TPSA) is 80.0 Å². The van der Waals surface area contributed by atoms with Gasteiger partial charge in [-0.2, -0.15) is 4.98 Å². The van der Waals surface area contributed by atoms with Crippen LogP contribution in [0.4, 0.5) is 4.79 Å². The molecular formula is C17H22N4O2. The lowest BCUT2D eigenvalue weighted by molar-refractivity contribution is 0.226. The highest BCUT2D eigenvalue weighted by molar-refractivity contribution is 5.74. The van der Waals surface area contributed by atoms with Gasteiger partial charge in [0, 0.05) is 11.6 Å². The van der Waals surface area contributed by atoms with Crippen molar-refractivity contribution in [2.24, 2.45) is 0 Å². The third kappa shape index (κ3) is 4.09. The van der Waals surface area contributed by atoms with E-state index in [-0.39, 0.29) is 18.1 Å². The lowest BCUT2D eigenvalue weighted by Gasteiger charge is -2.23. The second kappa shape index (κ2) is 7.26. The number of amides is 2. The van der Waals surface area contributed by atoms with Crippen molar-refractivity contribution in [3.63, 3.8) is 0 Å². The molecule has 6 heteroatoms. The summed E-state index contributed by atoms with van der Waals surface area (Å²) in [6, 6.07) is 9.39. The van der Waals surface area contributed by atoms with Crippen LogP contribution in [-0.2, 0) is 0 Å². The smallest absolute Gasteiger partial charge is 0.315 e. The van der Waals surface area contributed by atoms with E-state index in [1.54, 1.807) is 0 Å². The summed E-state index contributed by atoms with van der Waals surface area (Å²) in [6.45, 7) is 1.84. The number of hydrogen-bond acceptors (Lipinski definition) is 4. The predicted molar refractivity (Wildman–Crippen MR) is 86.7 cm³/mol. The zero-order chi connectivity index (χ0) is 16.1. The quantitative estimate of drug-likeness (QED) is 0.906. The lowest BCUT2D eigenvalue weighted by Crippen LogP contribution is -2.43. The molecule has 0 aliphatic heterocycles. The van der Waals surface area contributed by atoms with Crippen LogP contribution in [0.5, 0.6) is 0 Å². The van der Waals surface area contributed by atoms with Gasteiger partial charge in [-0.15, -0.1) is 0 Å². The minimum Gasteiger partial charge on any atom is -0.337 e. The Labute approximate surface area is 135 Å². The van der Waals surface area contributed by atoms with Crippen molar-refractivity contribution in [3.05, 3.63) is 36.2 Å². The van der Waals surface area contributed by atoms with E-state index < -0.39 is 0 Å². The molecule has 0 bridgehead atoms.